The van der Waals surface area contributed by atoms with E-state index in [9.17, 15) is 18.4 Å². The van der Waals surface area contributed by atoms with Gasteiger partial charge in [-0.15, -0.1) is 11.3 Å². The number of benzene rings is 1. The molecule has 0 aliphatic carbocycles. The number of Topliss-reactive ketones (excluding diaryl/α,β-unsaturated/α-hetero) is 1. The Morgan fingerprint density at radius 2 is 1.95 bits per heavy atom. The molecule has 0 radical (unpaired) electrons. The predicted octanol–water partition coefficient (Wildman–Crippen LogP) is 1.94. The van der Waals surface area contributed by atoms with Crippen molar-refractivity contribution >= 4 is 29.3 Å². The van der Waals surface area contributed by atoms with Gasteiger partial charge in [0.2, 0.25) is 0 Å². The summed E-state index contributed by atoms with van der Waals surface area (Å²) in [5.74, 6) is -1.55. The van der Waals surface area contributed by atoms with Crippen LogP contribution in [-0.2, 0) is 4.79 Å². The Bertz CT molecular complexity index is 888. The van der Waals surface area contributed by atoms with E-state index < -0.39 is 22.6 Å². The number of carbonyl (C=O) groups is 1. The maximum Gasteiger partial charge on any atom is 0.266 e. The molecule has 0 aliphatic heterocycles. The third-order valence-electron chi connectivity index (χ3n) is 2.93. The summed E-state index contributed by atoms with van der Waals surface area (Å²) in [6.07, 6.45) is 2.70. The molecule has 1 aromatic carbocycles. The van der Waals surface area contributed by atoms with Gasteiger partial charge in [0, 0.05) is 23.1 Å². The second-order valence-corrected chi connectivity index (χ2v) is 6.94. The zero-order valence-electron chi connectivity index (χ0n) is 12.4. The van der Waals surface area contributed by atoms with E-state index in [1.807, 2.05) is 0 Å². The Morgan fingerprint density at radius 3 is 2.55 bits per heavy atom. The summed E-state index contributed by atoms with van der Waals surface area (Å²) in [4.78, 5) is 26.3. The highest BCUT2D eigenvalue weighted by Gasteiger charge is 2.18. The average Bonchev–Trinajstić information content (AvgIpc) is 2.72. The lowest BCUT2D eigenvalue weighted by atomic mass is 9.91. The fourth-order valence-corrected chi connectivity index (χ4v) is 2.50. The van der Waals surface area contributed by atoms with Gasteiger partial charge in [0.1, 0.15) is 11.6 Å². The molecular weight excluding hydrogens is 308 g/mol. The topological polar surface area (TPSA) is 49.9 Å². The first kappa shape index (κ1) is 16.3. The number of aromatic amines is 1. The van der Waals surface area contributed by atoms with E-state index in [0.29, 0.717) is 4.66 Å². The SMILES string of the molecule is CC(C)(C)C(=O)C=c1[nH]c(=O)c(=Cc2ccc(F)cc2F)s1. The van der Waals surface area contributed by atoms with Crippen LogP contribution in [0.3, 0.4) is 0 Å². The summed E-state index contributed by atoms with van der Waals surface area (Å²) in [7, 11) is 0. The van der Waals surface area contributed by atoms with E-state index in [4.69, 9.17) is 0 Å². The number of hydrogen-bond acceptors (Lipinski definition) is 3. The molecule has 0 spiro atoms. The number of aromatic nitrogens is 1. The van der Waals surface area contributed by atoms with Crippen molar-refractivity contribution in [2.75, 3.05) is 0 Å². The van der Waals surface area contributed by atoms with Gasteiger partial charge in [-0.05, 0) is 18.2 Å². The van der Waals surface area contributed by atoms with Gasteiger partial charge in [0.05, 0.1) is 9.20 Å². The van der Waals surface area contributed by atoms with Crippen LogP contribution < -0.4 is 14.8 Å². The molecule has 0 saturated heterocycles. The first-order chi connectivity index (χ1) is 10.2. The van der Waals surface area contributed by atoms with Crippen LogP contribution in [0, 0.1) is 17.0 Å². The van der Waals surface area contributed by atoms with E-state index in [1.165, 1.54) is 18.2 Å². The fourth-order valence-electron chi connectivity index (χ4n) is 1.62. The maximum absolute atomic E-state index is 13.6. The van der Waals surface area contributed by atoms with Crippen LogP contribution in [0.5, 0.6) is 0 Å². The molecule has 0 amide bonds. The molecule has 6 heteroatoms. The van der Waals surface area contributed by atoms with Crippen LogP contribution in [0.15, 0.2) is 23.0 Å². The summed E-state index contributed by atoms with van der Waals surface area (Å²) in [6, 6.07) is 3.13. The molecule has 3 nitrogen and oxygen atoms in total. The van der Waals surface area contributed by atoms with Gasteiger partial charge in [-0.2, -0.15) is 0 Å². The highest BCUT2D eigenvalue weighted by molar-refractivity contribution is 7.07. The highest BCUT2D eigenvalue weighted by atomic mass is 32.1. The number of halogens is 2. The zero-order valence-corrected chi connectivity index (χ0v) is 13.2. The summed E-state index contributed by atoms with van der Waals surface area (Å²) >= 11 is 1.05. The lowest BCUT2D eigenvalue weighted by Crippen LogP contribution is -2.22. The zero-order chi connectivity index (χ0) is 16.5. The van der Waals surface area contributed by atoms with Crippen LogP contribution in [0.25, 0.3) is 12.2 Å². The lowest BCUT2D eigenvalue weighted by Gasteiger charge is -2.12. The van der Waals surface area contributed by atoms with Gasteiger partial charge >= 0.3 is 0 Å². The fraction of sp³-hybridized carbons (Fsp3) is 0.250. The van der Waals surface area contributed by atoms with Crippen LogP contribution in [-0.4, -0.2) is 10.8 Å². The van der Waals surface area contributed by atoms with E-state index in [2.05, 4.69) is 4.98 Å². The Balaban J connectivity index is 2.51. The van der Waals surface area contributed by atoms with Crippen molar-refractivity contribution in [1.29, 1.82) is 0 Å². The van der Waals surface area contributed by atoms with Gasteiger partial charge in [0.15, 0.2) is 5.78 Å². The van der Waals surface area contributed by atoms with Crippen molar-refractivity contribution in [3.8, 4) is 0 Å². The van der Waals surface area contributed by atoms with Crippen LogP contribution in [0.1, 0.15) is 26.3 Å². The van der Waals surface area contributed by atoms with Crippen molar-refractivity contribution in [3.63, 3.8) is 0 Å². The van der Waals surface area contributed by atoms with Gasteiger partial charge in [0.25, 0.3) is 5.56 Å². The summed E-state index contributed by atoms with van der Waals surface area (Å²) in [5.41, 5.74) is -0.850. The Labute approximate surface area is 129 Å². The van der Waals surface area contributed by atoms with E-state index in [-0.39, 0.29) is 15.9 Å². The van der Waals surface area contributed by atoms with Crippen molar-refractivity contribution in [2.24, 2.45) is 5.41 Å². The summed E-state index contributed by atoms with van der Waals surface area (Å²) in [6.45, 7) is 5.33. The first-order valence-corrected chi connectivity index (χ1v) is 7.40. The number of hydrogen-bond donors (Lipinski definition) is 1. The molecule has 0 fully saturated rings. The largest absolute Gasteiger partial charge is 0.313 e. The normalized spacial score (nSPS) is 13.7. The van der Waals surface area contributed by atoms with Crippen LogP contribution in [0.4, 0.5) is 8.78 Å². The Morgan fingerprint density at radius 1 is 1.27 bits per heavy atom. The minimum absolute atomic E-state index is 0.113. The number of carbonyl (C=O) groups excluding carboxylic acids is 1. The Kier molecular flexibility index (Phi) is 4.42. The van der Waals surface area contributed by atoms with Crippen LogP contribution >= 0.6 is 11.3 Å². The number of thiazole rings is 1. The van der Waals surface area contributed by atoms with E-state index in [1.54, 1.807) is 20.8 Å². The van der Waals surface area contributed by atoms with Gasteiger partial charge in [-0.1, -0.05) is 20.8 Å². The monoisotopic (exact) mass is 323 g/mol. The quantitative estimate of drug-likeness (QED) is 0.918. The molecule has 1 heterocycles. The molecule has 116 valence electrons. The second-order valence-electron chi connectivity index (χ2n) is 5.85. The second kappa shape index (κ2) is 5.96. The minimum Gasteiger partial charge on any atom is -0.313 e. The standard InChI is InChI=1S/C16H15F2NO2S/c1-16(2,3)13(20)8-14-19-15(21)12(22-14)6-9-4-5-10(17)7-11(9)18/h4-8H,1-3H3,(H,19,21). The maximum atomic E-state index is 13.6. The van der Waals surface area contributed by atoms with Crippen molar-refractivity contribution < 1.29 is 13.6 Å². The third kappa shape index (κ3) is 3.76. The smallest absolute Gasteiger partial charge is 0.266 e. The predicted molar refractivity (Wildman–Crippen MR) is 83.0 cm³/mol. The van der Waals surface area contributed by atoms with E-state index >= 15 is 0 Å². The van der Waals surface area contributed by atoms with Crippen molar-refractivity contribution in [1.82, 2.24) is 4.98 Å². The first-order valence-electron chi connectivity index (χ1n) is 6.59. The van der Waals surface area contributed by atoms with E-state index in [0.717, 1.165) is 23.5 Å². The minimum atomic E-state index is -0.746. The molecule has 2 rings (SSSR count). The van der Waals surface area contributed by atoms with Gasteiger partial charge in [-0.3, -0.25) is 9.59 Å². The molecule has 22 heavy (non-hydrogen) atoms. The third-order valence-corrected chi connectivity index (χ3v) is 3.89. The molecule has 0 saturated carbocycles. The number of nitrogens with one attached hydrogen (secondary N) is 1. The highest BCUT2D eigenvalue weighted by Crippen LogP contribution is 2.14. The Hall–Kier alpha value is -2.08. The van der Waals surface area contributed by atoms with Gasteiger partial charge in [-0.25, -0.2) is 8.78 Å². The molecular formula is C16H15F2NO2S. The summed E-state index contributed by atoms with van der Waals surface area (Å²) < 4.78 is 27.1. The lowest BCUT2D eigenvalue weighted by molar-refractivity contribution is -0.119. The molecule has 1 N–H and O–H groups in total. The summed E-state index contributed by atoms with van der Waals surface area (Å²) in [5, 5.41) is 0. The number of ketones is 1. The molecule has 0 unspecified atom stereocenters. The van der Waals surface area contributed by atoms with Crippen LogP contribution in [0.2, 0.25) is 0 Å². The van der Waals surface area contributed by atoms with Crippen molar-refractivity contribution in [2.45, 2.75) is 20.8 Å². The molecule has 2 aromatic rings. The average molecular weight is 323 g/mol. The van der Waals surface area contributed by atoms with Gasteiger partial charge < -0.3 is 4.98 Å². The van der Waals surface area contributed by atoms with Crippen molar-refractivity contribution in [3.05, 3.63) is 54.9 Å². The molecule has 1 aromatic heterocycles. The molecule has 0 bridgehead atoms. The number of rotatable bonds is 2. The number of H-pyrrole nitrogens is 1. The molecule has 0 aliphatic rings. The molecule has 0 atom stereocenters.